The fraction of sp³-hybridized carbons (Fsp3) is 0.200. The van der Waals surface area contributed by atoms with Crippen molar-refractivity contribution in [2.75, 3.05) is 23.5 Å². The van der Waals surface area contributed by atoms with Crippen LogP contribution in [0.5, 0.6) is 5.88 Å². The number of hydrogen-bond acceptors (Lipinski definition) is 7. The molecular formula is C20H16Cl2N6O2. The number of carbonyl (C=O) groups excluding carboxylic acids is 1. The molecule has 0 fully saturated rings. The van der Waals surface area contributed by atoms with Gasteiger partial charge in [0.1, 0.15) is 11.4 Å². The fourth-order valence-corrected chi connectivity index (χ4v) is 4.07. The smallest absolute Gasteiger partial charge is 0.268 e. The van der Waals surface area contributed by atoms with Crippen LogP contribution in [-0.4, -0.2) is 34.1 Å². The van der Waals surface area contributed by atoms with Crippen molar-refractivity contribution < 1.29 is 9.53 Å². The molecule has 0 spiro atoms. The van der Waals surface area contributed by atoms with Gasteiger partial charge in [0.15, 0.2) is 6.73 Å². The Balaban J connectivity index is 1.40. The predicted molar refractivity (Wildman–Crippen MR) is 114 cm³/mol. The first-order valence-electron chi connectivity index (χ1n) is 9.31. The Kier molecular flexibility index (Phi) is 4.90. The number of aromatic nitrogens is 3. The molecule has 2 aliphatic rings. The minimum Gasteiger partial charge on any atom is -0.455 e. The van der Waals surface area contributed by atoms with E-state index < -0.39 is 0 Å². The standard InChI is InChI=1S/C20H16Cl2N6O2/c21-14-2-1-3-15(22)17(14)28-10-30-18-13(19(28)29)9-25-20(27-18)26-16-6-12-7-23-5-4-11(12)8-24-16/h1-3,6,8-9,23H,4-5,7,10H2,(H,24,25,26,27). The average molecular weight is 443 g/mol. The fourth-order valence-electron chi connectivity index (χ4n) is 3.47. The maximum atomic E-state index is 13.0. The van der Waals surface area contributed by atoms with Gasteiger partial charge >= 0.3 is 0 Å². The molecule has 3 aromatic rings. The molecule has 2 N–H and O–H groups in total. The summed E-state index contributed by atoms with van der Waals surface area (Å²) in [6, 6.07) is 7.01. The van der Waals surface area contributed by atoms with Crippen LogP contribution in [0.1, 0.15) is 21.5 Å². The number of rotatable bonds is 3. The molecule has 0 unspecified atom stereocenters. The number of nitrogens with zero attached hydrogens (tertiary/aromatic N) is 4. The second kappa shape index (κ2) is 7.71. The summed E-state index contributed by atoms with van der Waals surface area (Å²) in [5.41, 5.74) is 3.05. The van der Waals surface area contributed by atoms with Crippen molar-refractivity contribution >= 4 is 46.6 Å². The minimum atomic E-state index is -0.337. The normalized spacial score (nSPS) is 15.3. The highest BCUT2D eigenvalue weighted by Gasteiger charge is 2.31. The summed E-state index contributed by atoms with van der Waals surface area (Å²) in [6.07, 6.45) is 4.24. The number of pyridine rings is 1. The largest absolute Gasteiger partial charge is 0.455 e. The highest BCUT2D eigenvalue weighted by atomic mass is 35.5. The maximum absolute atomic E-state index is 13.0. The lowest BCUT2D eigenvalue weighted by molar-refractivity contribution is 0.0932. The van der Waals surface area contributed by atoms with Crippen LogP contribution in [0.4, 0.5) is 17.5 Å². The Bertz CT molecular complexity index is 1140. The van der Waals surface area contributed by atoms with Crippen LogP contribution < -0.4 is 20.3 Å². The minimum absolute atomic E-state index is 0.0610. The lowest BCUT2D eigenvalue weighted by atomic mass is 10.0. The molecule has 8 nitrogen and oxygen atoms in total. The lowest BCUT2D eigenvalue weighted by Crippen LogP contribution is -2.39. The quantitative estimate of drug-likeness (QED) is 0.640. The van der Waals surface area contributed by atoms with E-state index in [9.17, 15) is 4.79 Å². The van der Waals surface area contributed by atoms with Gasteiger partial charge in [-0.15, -0.1) is 0 Å². The van der Waals surface area contributed by atoms with Crippen molar-refractivity contribution in [1.29, 1.82) is 0 Å². The van der Waals surface area contributed by atoms with Crippen molar-refractivity contribution in [2.24, 2.45) is 0 Å². The van der Waals surface area contributed by atoms with Gasteiger partial charge in [0.05, 0.1) is 15.7 Å². The van der Waals surface area contributed by atoms with E-state index in [1.165, 1.54) is 22.2 Å². The number of nitrogens with one attached hydrogen (secondary N) is 2. The van der Waals surface area contributed by atoms with Crippen LogP contribution >= 0.6 is 23.2 Å². The molecule has 1 amide bonds. The number of para-hydroxylation sites is 1. The van der Waals surface area contributed by atoms with Gasteiger partial charge in [-0.25, -0.2) is 9.97 Å². The Morgan fingerprint density at radius 1 is 1.13 bits per heavy atom. The number of carbonyl (C=O) groups is 1. The third kappa shape index (κ3) is 3.43. The molecule has 2 aliphatic heterocycles. The molecular weight excluding hydrogens is 427 g/mol. The lowest BCUT2D eigenvalue weighted by Gasteiger charge is -2.29. The number of ether oxygens (including phenoxy) is 1. The van der Waals surface area contributed by atoms with Crippen LogP contribution in [0.25, 0.3) is 0 Å². The summed E-state index contributed by atoms with van der Waals surface area (Å²) < 4.78 is 5.71. The van der Waals surface area contributed by atoms with Gasteiger partial charge in [-0.1, -0.05) is 29.3 Å². The van der Waals surface area contributed by atoms with E-state index in [0.29, 0.717) is 27.5 Å². The molecule has 0 saturated carbocycles. The van der Waals surface area contributed by atoms with Crippen molar-refractivity contribution in [3.05, 3.63) is 63.4 Å². The summed E-state index contributed by atoms with van der Waals surface area (Å²) >= 11 is 12.5. The first kappa shape index (κ1) is 19.0. The van der Waals surface area contributed by atoms with Gasteiger partial charge in [-0.2, -0.15) is 4.98 Å². The number of fused-ring (bicyclic) bond motifs is 2. The van der Waals surface area contributed by atoms with Gasteiger partial charge in [0, 0.05) is 18.9 Å². The van der Waals surface area contributed by atoms with Crippen molar-refractivity contribution in [3.8, 4) is 5.88 Å². The average Bonchev–Trinajstić information content (AvgIpc) is 2.75. The third-order valence-electron chi connectivity index (χ3n) is 4.98. The number of hydrogen-bond donors (Lipinski definition) is 2. The van der Waals surface area contributed by atoms with E-state index in [4.69, 9.17) is 27.9 Å². The van der Waals surface area contributed by atoms with Gasteiger partial charge in [0.25, 0.3) is 5.91 Å². The first-order chi connectivity index (χ1) is 14.6. The molecule has 0 atom stereocenters. The number of benzene rings is 1. The van der Waals surface area contributed by atoms with Gasteiger partial charge in [-0.05, 0) is 42.3 Å². The van der Waals surface area contributed by atoms with Crippen LogP contribution in [0.15, 0.2) is 36.7 Å². The molecule has 1 aromatic carbocycles. The SMILES string of the molecule is O=C1c2cnc(Nc3cc4c(cn3)CCNC4)nc2OCN1c1c(Cl)cccc1Cl. The first-order valence-corrected chi connectivity index (χ1v) is 10.1. The van der Waals surface area contributed by atoms with Crippen molar-refractivity contribution in [3.63, 3.8) is 0 Å². The molecule has 0 aliphatic carbocycles. The van der Waals surface area contributed by atoms with E-state index in [1.54, 1.807) is 18.2 Å². The van der Waals surface area contributed by atoms with Crippen LogP contribution in [0.3, 0.4) is 0 Å². The van der Waals surface area contributed by atoms with Gasteiger partial charge < -0.3 is 15.4 Å². The van der Waals surface area contributed by atoms with E-state index in [2.05, 4.69) is 25.6 Å². The summed E-state index contributed by atoms with van der Waals surface area (Å²) in [4.78, 5) is 27.3. The van der Waals surface area contributed by atoms with E-state index >= 15 is 0 Å². The Morgan fingerprint density at radius 2 is 1.97 bits per heavy atom. The highest BCUT2D eigenvalue weighted by Crippen LogP contribution is 2.37. The zero-order valence-electron chi connectivity index (χ0n) is 15.7. The van der Waals surface area contributed by atoms with Crippen LogP contribution in [0.2, 0.25) is 10.0 Å². The number of amides is 1. The molecule has 2 aromatic heterocycles. The zero-order chi connectivity index (χ0) is 20.7. The molecule has 30 heavy (non-hydrogen) atoms. The maximum Gasteiger partial charge on any atom is 0.268 e. The Morgan fingerprint density at radius 3 is 2.80 bits per heavy atom. The Hall–Kier alpha value is -2.94. The molecule has 5 rings (SSSR count). The second-order valence-electron chi connectivity index (χ2n) is 6.88. The van der Waals surface area contributed by atoms with Crippen LogP contribution in [0, 0.1) is 0 Å². The molecule has 10 heteroatoms. The number of anilines is 3. The summed E-state index contributed by atoms with van der Waals surface area (Å²) in [6.45, 7) is 1.70. The summed E-state index contributed by atoms with van der Waals surface area (Å²) in [7, 11) is 0. The Labute approximate surface area is 182 Å². The molecule has 4 heterocycles. The molecule has 152 valence electrons. The molecule has 0 saturated heterocycles. The highest BCUT2D eigenvalue weighted by molar-refractivity contribution is 6.40. The zero-order valence-corrected chi connectivity index (χ0v) is 17.2. The van der Waals surface area contributed by atoms with Crippen molar-refractivity contribution in [2.45, 2.75) is 13.0 Å². The second-order valence-corrected chi connectivity index (χ2v) is 7.69. The molecule has 0 bridgehead atoms. The predicted octanol–water partition coefficient (Wildman–Crippen LogP) is 3.56. The summed E-state index contributed by atoms with van der Waals surface area (Å²) in [5, 5.41) is 7.12. The topological polar surface area (TPSA) is 92.3 Å². The van der Waals surface area contributed by atoms with Gasteiger partial charge in [0.2, 0.25) is 11.8 Å². The third-order valence-corrected chi connectivity index (χ3v) is 5.59. The number of halogens is 2. The van der Waals surface area contributed by atoms with E-state index in [-0.39, 0.29) is 24.1 Å². The van der Waals surface area contributed by atoms with E-state index in [1.807, 2.05) is 12.3 Å². The van der Waals surface area contributed by atoms with Crippen LogP contribution in [-0.2, 0) is 13.0 Å². The van der Waals surface area contributed by atoms with E-state index in [0.717, 1.165) is 19.5 Å². The van der Waals surface area contributed by atoms with Gasteiger partial charge in [-0.3, -0.25) is 9.69 Å². The monoisotopic (exact) mass is 442 g/mol. The van der Waals surface area contributed by atoms with Crippen molar-refractivity contribution in [1.82, 2.24) is 20.3 Å². The summed E-state index contributed by atoms with van der Waals surface area (Å²) in [5.74, 6) is 0.776. The molecule has 0 radical (unpaired) electrons.